The fourth-order valence-electron chi connectivity index (χ4n) is 3.85. The van der Waals surface area contributed by atoms with E-state index >= 15 is 0 Å². The molecular weight excluding hydrogens is 307 g/mol. The minimum atomic E-state index is 0.0767. The molecule has 2 fully saturated rings. The molecule has 1 aromatic carbocycles. The van der Waals surface area contributed by atoms with E-state index in [4.69, 9.17) is 23.2 Å². The highest BCUT2D eigenvalue weighted by atomic mass is 35.5. The molecule has 2 atom stereocenters. The first kappa shape index (κ1) is 13.5. The Hall–Kier alpha value is -1.19. The Morgan fingerprint density at radius 3 is 2.57 bits per heavy atom. The minimum Gasteiger partial charge on any atom is -0.350 e. The summed E-state index contributed by atoms with van der Waals surface area (Å²) in [4.78, 5) is 17.8. The lowest BCUT2D eigenvalue weighted by molar-refractivity contribution is 0.0776. The predicted molar refractivity (Wildman–Crippen MR) is 85.1 cm³/mol. The van der Waals surface area contributed by atoms with Gasteiger partial charge in [-0.3, -0.25) is 4.79 Å². The van der Waals surface area contributed by atoms with E-state index < -0.39 is 0 Å². The van der Waals surface area contributed by atoms with E-state index in [9.17, 15) is 4.79 Å². The van der Waals surface area contributed by atoms with Crippen molar-refractivity contribution in [2.45, 2.75) is 19.3 Å². The van der Waals surface area contributed by atoms with Gasteiger partial charge in [0.25, 0.3) is 5.91 Å². The number of amides is 1. The smallest absolute Gasteiger partial charge is 0.270 e. The van der Waals surface area contributed by atoms with Crippen LogP contribution in [0, 0.1) is 11.8 Å². The van der Waals surface area contributed by atoms with Crippen LogP contribution in [-0.2, 0) is 0 Å². The number of halogens is 2. The van der Waals surface area contributed by atoms with Crippen molar-refractivity contribution in [1.29, 1.82) is 0 Å². The molecule has 4 rings (SSSR count). The third kappa shape index (κ3) is 2.23. The number of hydrogen-bond donors (Lipinski definition) is 1. The molecule has 3 nitrogen and oxygen atoms in total. The van der Waals surface area contributed by atoms with Gasteiger partial charge in [0.1, 0.15) is 5.69 Å². The van der Waals surface area contributed by atoms with Crippen LogP contribution in [0.15, 0.2) is 18.2 Å². The quantitative estimate of drug-likeness (QED) is 0.832. The first-order valence-electron chi connectivity index (χ1n) is 7.39. The monoisotopic (exact) mass is 322 g/mol. The third-order valence-electron chi connectivity index (χ3n) is 4.90. The highest BCUT2D eigenvalue weighted by Gasteiger charge is 2.38. The molecule has 1 saturated carbocycles. The van der Waals surface area contributed by atoms with E-state index in [1.807, 2.05) is 11.0 Å². The zero-order valence-corrected chi connectivity index (χ0v) is 13.0. The van der Waals surface area contributed by atoms with Crippen LogP contribution in [0.5, 0.6) is 0 Å². The number of likely N-dealkylation sites (tertiary alicyclic amines) is 1. The summed E-state index contributed by atoms with van der Waals surface area (Å²) in [5.41, 5.74) is 1.42. The molecule has 0 bridgehead atoms. The van der Waals surface area contributed by atoms with Gasteiger partial charge >= 0.3 is 0 Å². The van der Waals surface area contributed by atoms with Crippen LogP contribution in [0.1, 0.15) is 29.8 Å². The standard InChI is InChI=1S/C16H16Cl2N2O/c17-11-4-13(18)12-6-15(19-14(12)5-11)16(21)20-7-9-2-1-3-10(9)8-20/h4-6,9-10,19H,1-3,7-8H2/t9-,10+. The number of nitrogens with one attached hydrogen (secondary N) is 1. The summed E-state index contributed by atoms with van der Waals surface area (Å²) in [6, 6.07) is 5.34. The lowest BCUT2D eigenvalue weighted by Crippen LogP contribution is -2.29. The predicted octanol–water partition coefficient (Wildman–Crippen LogP) is 4.35. The number of rotatable bonds is 1. The van der Waals surface area contributed by atoms with E-state index in [2.05, 4.69) is 4.98 Å². The molecule has 5 heteroatoms. The molecule has 0 unspecified atom stereocenters. The first-order chi connectivity index (χ1) is 10.1. The van der Waals surface area contributed by atoms with Gasteiger partial charge in [-0.15, -0.1) is 0 Å². The van der Waals surface area contributed by atoms with E-state index in [1.165, 1.54) is 19.3 Å². The lowest BCUT2D eigenvalue weighted by atomic mass is 10.0. The highest BCUT2D eigenvalue weighted by molar-refractivity contribution is 6.38. The maximum atomic E-state index is 12.7. The van der Waals surface area contributed by atoms with Crippen LogP contribution in [0.3, 0.4) is 0 Å². The van der Waals surface area contributed by atoms with Crippen molar-refractivity contribution in [1.82, 2.24) is 9.88 Å². The summed E-state index contributed by atoms with van der Waals surface area (Å²) in [6.45, 7) is 1.79. The average Bonchev–Trinajstić information content (AvgIpc) is 3.09. The number of benzene rings is 1. The van der Waals surface area contributed by atoms with Gasteiger partial charge < -0.3 is 9.88 Å². The minimum absolute atomic E-state index is 0.0767. The zero-order valence-electron chi connectivity index (χ0n) is 11.5. The van der Waals surface area contributed by atoms with Crippen LogP contribution in [-0.4, -0.2) is 28.9 Å². The number of nitrogens with zero attached hydrogens (tertiary/aromatic N) is 1. The second-order valence-corrected chi connectivity index (χ2v) is 7.04. The maximum absolute atomic E-state index is 12.7. The molecule has 0 radical (unpaired) electrons. The number of carbonyl (C=O) groups excluding carboxylic acids is 1. The third-order valence-corrected chi connectivity index (χ3v) is 5.43. The van der Waals surface area contributed by atoms with Crippen molar-refractivity contribution >= 4 is 40.0 Å². The molecule has 110 valence electrons. The summed E-state index contributed by atoms with van der Waals surface area (Å²) in [5.74, 6) is 1.49. The Morgan fingerprint density at radius 2 is 1.86 bits per heavy atom. The van der Waals surface area contributed by atoms with Crippen LogP contribution < -0.4 is 0 Å². The summed E-state index contributed by atoms with van der Waals surface area (Å²) in [7, 11) is 0. The SMILES string of the molecule is O=C(c1cc2c(Cl)cc(Cl)cc2[nH]1)N1C[C@H]2CCC[C@H]2C1. The number of aromatic nitrogens is 1. The van der Waals surface area contributed by atoms with Crippen LogP contribution in [0.4, 0.5) is 0 Å². The van der Waals surface area contributed by atoms with Crippen molar-refractivity contribution in [2.75, 3.05) is 13.1 Å². The van der Waals surface area contributed by atoms with Crippen LogP contribution in [0.25, 0.3) is 10.9 Å². The van der Waals surface area contributed by atoms with Gasteiger partial charge in [0.15, 0.2) is 0 Å². The molecule has 1 aliphatic carbocycles. The van der Waals surface area contributed by atoms with E-state index in [-0.39, 0.29) is 5.91 Å². The van der Waals surface area contributed by atoms with Gasteiger partial charge in [0, 0.05) is 29.0 Å². The van der Waals surface area contributed by atoms with Crippen molar-refractivity contribution in [3.05, 3.63) is 33.9 Å². The highest BCUT2D eigenvalue weighted by Crippen LogP contribution is 2.38. The Morgan fingerprint density at radius 1 is 1.14 bits per heavy atom. The Kier molecular flexibility index (Phi) is 3.16. The molecule has 2 heterocycles. The van der Waals surface area contributed by atoms with Gasteiger partial charge in [-0.1, -0.05) is 29.6 Å². The van der Waals surface area contributed by atoms with Crippen LogP contribution >= 0.6 is 23.2 Å². The zero-order chi connectivity index (χ0) is 14.6. The van der Waals surface area contributed by atoms with E-state index in [0.29, 0.717) is 27.6 Å². The number of hydrogen-bond acceptors (Lipinski definition) is 1. The topological polar surface area (TPSA) is 36.1 Å². The van der Waals surface area contributed by atoms with E-state index in [1.54, 1.807) is 12.1 Å². The summed E-state index contributed by atoms with van der Waals surface area (Å²) >= 11 is 12.2. The number of aromatic amines is 1. The summed E-state index contributed by atoms with van der Waals surface area (Å²) in [5, 5.41) is 2.00. The second kappa shape index (κ2) is 4.92. The largest absolute Gasteiger partial charge is 0.350 e. The van der Waals surface area contributed by atoms with Crippen LogP contribution in [0.2, 0.25) is 10.0 Å². The Bertz CT molecular complexity index is 712. The van der Waals surface area contributed by atoms with Gasteiger partial charge in [0.05, 0.1) is 5.02 Å². The molecule has 2 aliphatic rings. The van der Waals surface area contributed by atoms with Gasteiger partial charge in [-0.25, -0.2) is 0 Å². The van der Waals surface area contributed by atoms with Crippen molar-refractivity contribution in [3.8, 4) is 0 Å². The Labute approximate surface area is 133 Å². The van der Waals surface area contributed by atoms with Gasteiger partial charge in [-0.2, -0.15) is 0 Å². The normalized spacial score (nSPS) is 24.8. The summed E-state index contributed by atoms with van der Waals surface area (Å²) in [6.07, 6.45) is 3.85. The molecule has 1 aliphatic heterocycles. The van der Waals surface area contributed by atoms with Gasteiger partial charge in [-0.05, 0) is 42.9 Å². The molecule has 1 amide bonds. The second-order valence-electron chi connectivity index (χ2n) is 6.19. The summed E-state index contributed by atoms with van der Waals surface area (Å²) < 4.78 is 0. The number of H-pyrrole nitrogens is 1. The van der Waals surface area contributed by atoms with Gasteiger partial charge in [0.2, 0.25) is 0 Å². The number of fused-ring (bicyclic) bond motifs is 2. The molecule has 2 aromatic rings. The van der Waals surface area contributed by atoms with Crippen molar-refractivity contribution in [2.24, 2.45) is 11.8 Å². The molecule has 21 heavy (non-hydrogen) atoms. The van der Waals surface area contributed by atoms with E-state index in [0.717, 1.165) is 24.0 Å². The maximum Gasteiger partial charge on any atom is 0.270 e. The fraction of sp³-hybridized carbons (Fsp3) is 0.438. The average molecular weight is 323 g/mol. The lowest BCUT2D eigenvalue weighted by Gasteiger charge is -2.16. The molecule has 1 aromatic heterocycles. The molecule has 1 saturated heterocycles. The number of carbonyl (C=O) groups is 1. The Balaban J connectivity index is 1.64. The van der Waals surface area contributed by atoms with Crippen molar-refractivity contribution < 1.29 is 4.79 Å². The molecule has 1 N–H and O–H groups in total. The first-order valence-corrected chi connectivity index (χ1v) is 8.14. The fourth-order valence-corrected chi connectivity index (χ4v) is 4.39. The molecular formula is C16H16Cl2N2O. The molecule has 0 spiro atoms. The van der Waals surface area contributed by atoms with Crippen molar-refractivity contribution in [3.63, 3.8) is 0 Å².